The monoisotopic (exact) mass is 808 g/mol. The summed E-state index contributed by atoms with van der Waals surface area (Å²) in [5.41, 5.74) is 18.5. The first kappa shape index (κ1) is 39.3. The molecule has 1 fully saturated rings. The van der Waals surface area contributed by atoms with Gasteiger partial charge in [0.05, 0.1) is 0 Å². The topological polar surface area (TPSA) is 17.1 Å². The standard InChI is InChI=1S/C59H53OP/c1-34-28-35(2)39(6)55(38(34)5)51-26-17-27-52(56-40(7)36(3)29-37(4)41(56)8)59(51)61-53(57-47-22-13-9-18-42(47)30-43-19-10-14-23-48(43)57)32-46(60)33-54(61)58-49-24-15-11-20-44(49)31-45-21-12-16-25-50(45)58/h9-31,53-54H,32-33H2,1-8H3. The summed E-state index contributed by atoms with van der Waals surface area (Å²) in [6.45, 7) is 18.4. The zero-order valence-corrected chi connectivity index (χ0v) is 37.6. The van der Waals surface area contributed by atoms with Gasteiger partial charge in [0.2, 0.25) is 0 Å². The molecular weight excluding hydrogens is 756 g/mol. The Hall–Kier alpha value is -5.88. The van der Waals surface area contributed by atoms with Gasteiger partial charge in [-0.05, 0) is 194 Å². The Morgan fingerprint density at radius 1 is 0.393 bits per heavy atom. The Bertz CT molecular complexity index is 2900. The van der Waals surface area contributed by atoms with Gasteiger partial charge in [-0.3, -0.25) is 4.79 Å². The van der Waals surface area contributed by atoms with E-state index in [2.05, 4.69) is 195 Å². The normalized spacial score (nSPS) is 16.9. The Labute approximate surface area is 362 Å². The number of hydrogen-bond donors (Lipinski definition) is 0. The molecule has 2 unspecified atom stereocenters. The fraction of sp³-hybridized carbons (Fsp3) is 0.203. The first-order valence-corrected chi connectivity index (χ1v) is 23.4. The molecule has 300 valence electrons. The van der Waals surface area contributed by atoms with Gasteiger partial charge in [0.1, 0.15) is 5.78 Å². The first-order valence-electron chi connectivity index (χ1n) is 21.9. The van der Waals surface area contributed by atoms with E-state index >= 15 is 4.79 Å². The van der Waals surface area contributed by atoms with E-state index < -0.39 is 7.92 Å². The van der Waals surface area contributed by atoms with Crippen molar-refractivity contribution in [1.82, 2.24) is 0 Å². The summed E-state index contributed by atoms with van der Waals surface area (Å²) in [7, 11) is -1.16. The van der Waals surface area contributed by atoms with Gasteiger partial charge in [0.25, 0.3) is 0 Å². The molecule has 0 saturated carbocycles. The molecule has 0 amide bonds. The zero-order chi connectivity index (χ0) is 42.3. The molecule has 10 rings (SSSR count). The molecule has 61 heavy (non-hydrogen) atoms. The molecule has 0 aliphatic carbocycles. The van der Waals surface area contributed by atoms with Crippen LogP contribution in [0.2, 0.25) is 0 Å². The largest absolute Gasteiger partial charge is 0.300 e. The third-order valence-corrected chi connectivity index (χ3v) is 17.6. The lowest BCUT2D eigenvalue weighted by atomic mass is 9.85. The number of benzene rings is 9. The van der Waals surface area contributed by atoms with E-state index in [0.29, 0.717) is 18.6 Å². The van der Waals surface area contributed by atoms with Gasteiger partial charge in [-0.25, -0.2) is 0 Å². The minimum Gasteiger partial charge on any atom is -0.300 e. The minimum atomic E-state index is -1.16. The summed E-state index contributed by atoms with van der Waals surface area (Å²) in [5, 5.41) is 11.4. The lowest BCUT2D eigenvalue weighted by Gasteiger charge is -2.43. The molecule has 1 aliphatic heterocycles. The van der Waals surface area contributed by atoms with E-state index in [-0.39, 0.29) is 11.3 Å². The quantitative estimate of drug-likeness (QED) is 0.125. The van der Waals surface area contributed by atoms with Crippen LogP contribution in [0.1, 0.15) is 79.8 Å². The summed E-state index contributed by atoms with van der Waals surface area (Å²) >= 11 is 0. The molecule has 2 heteroatoms. The van der Waals surface area contributed by atoms with Crippen LogP contribution >= 0.6 is 7.92 Å². The Morgan fingerprint density at radius 3 is 1.03 bits per heavy atom. The van der Waals surface area contributed by atoms with Crippen molar-refractivity contribution in [2.75, 3.05) is 0 Å². The molecular formula is C59H53OP. The summed E-state index contributed by atoms with van der Waals surface area (Å²) < 4.78 is 0. The van der Waals surface area contributed by atoms with Crippen LogP contribution in [0.4, 0.5) is 0 Å². The number of fused-ring (bicyclic) bond motifs is 4. The van der Waals surface area contributed by atoms with Gasteiger partial charge in [-0.2, -0.15) is 0 Å². The van der Waals surface area contributed by atoms with E-state index in [1.807, 2.05) is 0 Å². The van der Waals surface area contributed by atoms with Crippen molar-refractivity contribution in [2.45, 2.75) is 79.5 Å². The maximum absolute atomic E-state index is 15.1. The van der Waals surface area contributed by atoms with Crippen LogP contribution < -0.4 is 5.30 Å². The molecule has 1 aliphatic rings. The van der Waals surface area contributed by atoms with Crippen molar-refractivity contribution < 1.29 is 4.79 Å². The van der Waals surface area contributed by atoms with Crippen LogP contribution in [0.3, 0.4) is 0 Å². The second-order valence-corrected chi connectivity index (χ2v) is 20.3. The van der Waals surface area contributed by atoms with Crippen molar-refractivity contribution in [1.29, 1.82) is 0 Å². The van der Waals surface area contributed by atoms with Crippen LogP contribution in [0.15, 0.2) is 140 Å². The SMILES string of the molecule is Cc1cc(C)c(C)c(-c2cccc(-c3c(C)c(C)cc(C)c3C)c2P2C(c3c4ccccc4cc4ccccc34)CC(=O)CC2c2c3ccccc3cc3ccccc23)c1C. The number of aryl methyl sites for hydroxylation is 4. The van der Waals surface area contributed by atoms with Gasteiger partial charge in [-0.1, -0.05) is 135 Å². The fourth-order valence-corrected chi connectivity index (χ4v) is 14.9. The third kappa shape index (κ3) is 6.35. The molecule has 2 atom stereocenters. The van der Waals surface area contributed by atoms with Gasteiger partial charge in [-0.15, -0.1) is 0 Å². The van der Waals surface area contributed by atoms with Crippen LogP contribution in [0.25, 0.3) is 65.3 Å². The second-order valence-electron chi connectivity index (χ2n) is 17.8. The molecule has 0 aromatic heterocycles. The number of hydrogen-bond acceptors (Lipinski definition) is 1. The van der Waals surface area contributed by atoms with Crippen LogP contribution in [0.5, 0.6) is 0 Å². The van der Waals surface area contributed by atoms with E-state index in [4.69, 9.17) is 0 Å². The highest BCUT2D eigenvalue weighted by Crippen LogP contribution is 2.70. The second kappa shape index (κ2) is 15.2. The molecule has 0 spiro atoms. The van der Waals surface area contributed by atoms with Crippen LogP contribution in [0, 0.1) is 55.4 Å². The van der Waals surface area contributed by atoms with Crippen molar-refractivity contribution in [2.24, 2.45) is 0 Å². The molecule has 0 radical (unpaired) electrons. The number of carbonyl (C=O) groups is 1. The van der Waals surface area contributed by atoms with Crippen molar-refractivity contribution in [3.8, 4) is 22.3 Å². The predicted molar refractivity (Wildman–Crippen MR) is 264 cm³/mol. The average molecular weight is 809 g/mol. The van der Waals surface area contributed by atoms with Gasteiger partial charge in [0, 0.05) is 24.2 Å². The molecule has 0 N–H and O–H groups in total. The Kier molecular flexibility index (Phi) is 9.81. The lowest BCUT2D eigenvalue weighted by Crippen LogP contribution is -2.27. The number of ketones is 1. The highest BCUT2D eigenvalue weighted by atomic mass is 31.1. The summed E-state index contributed by atoms with van der Waals surface area (Å²) in [5.74, 6) is 0.347. The van der Waals surface area contributed by atoms with E-state index in [0.717, 1.165) is 0 Å². The average Bonchev–Trinajstić information content (AvgIpc) is 3.26. The van der Waals surface area contributed by atoms with Gasteiger partial charge in [0.15, 0.2) is 0 Å². The third-order valence-electron chi connectivity index (χ3n) is 14.4. The Morgan fingerprint density at radius 2 is 0.705 bits per heavy atom. The summed E-state index contributed by atoms with van der Waals surface area (Å²) in [6, 6.07) is 52.3. The zero-order valence-electron chi connectivity index (χ0n) is 36.7. The van der Waals surface area contributed by atoms with Crippen molar-refractivity contribution >= 4 is 62.1 Å². The first-order chi connectivity index (χ1) is 29.5. The number of carbonyl (C=O) groups excluding carboxylic acids is 1. The smallest absolute Gasteiger partial charge is 0.134 e. The molecule has 1 saturated heterocycles. The molecule has 1 nitrogen and oxygen atoms in total. The van der Waals surface area contributed by atoms with E-state index in [1.165, 1.54) is 126 Å². The van der Waals surface area contributed by atoms with E-state index in [9.17, 15) is 0 Å². The van der Waals surface area contributed by atoms with E-state index in [1.54, 1.807) is 0 Å². The summed E-state index contributed by atoms with van der Waals surface area (Å²) in [4.78, 5) is 15.1. The minimum absolute atomic E-state index is 0.0482. The molecule has 0 bridgehead atoms. The van der Waals surface area contributed by atoms with Crippen LogP contribution in [-0.2, 0) is 4.79 Å². The maximum atomic E-state index is 15.1. The van der Waals surface area contributed by atoms with Crippen molar-refractivity contribution in [3.05, 3.63) is 195 Å². The molecule has 9 aromatic rings. The highest BCUT2D eigenvalue weighted by molar-refractivity contribution is 7.67. The highest BCUT2D eigenvalue weighted by Gasteiger charge is 2.44. The fourth-order valence-electron chi connectivity index (χ4n) is 11.0. The Balaban J connectivity index is 1.44. The predicted octanol–water partition coefficient (Wildman–Crippen LogP) is 16.1. The maximum Gasteiger partial charge on any atom is 0.134 e. The van der Waals surface area contributed by atoms with Crippen LogP contribution in [-0.4, -0.2) is 5.78 Å². The van der Waals surface area contributed by atoms with Gasteiger partial charge >= 0.3 is 0 Å². The molecule has 9 aromatic carbocycles. The molecule has 1 heterocycles. The van der Waals surface area contributed by atoms with Crippen molar-refractivity contribution in [3.63, 3.8) is 0 Å². The summed E-state index contributed by atoms with van der Waals surface area (Å²) in [6.07, 6.45) is 1.01. The lowest BCUT2D eigenvalue weighted by molar-refractivity contribution is -0.119. The van der Waals surface area contributed by atoms with Gasteiger partial charge < -0.3 is 0 Å². The number of Topliss-reactive ketones (excluding diaryl/α,β-unsaturated/α-hetero) is 1. The number of rotatable bonds is 5.